The molecule has 0 spiro atoms. The van der Waals surface area contributed by atoms with E-state index in [1.54, 1.807) is 0 Å². The van der Waals surface area contributed by atoms with Gasteiger partial charge in [-0.05, 0) is 23.5 Å². The average Bonchev–Trinajstić information content (AvgIpc) is 2.72. The minimum absolute atomic E-state index is 0.270. The largest absolute Gasteiger partial charge is 0.373 e. The molecule has 1 aliphatic heterocycles. The van der Waals surface area contributed by atoms with Crippen LogP contribution in [0, 0.1) is 11.8 Å². The maximum Gasteiger partial charge on any atom is 0.223 e. The highest BCUT2D eigenvalue weighted by Crippen LogP contribution is 2.25. The van der Waals surface area contributed by atoms with E-state index >= 15 is 0 Å². The Morgan fingerprint density at radius 2 is 2.28 bits per heavy atom. The second-order valence-electron chi connectivity index (χ2n) is 5.28. The molecule has 1 fully saturated rings. The zero-order valence-electron chi connectivity index (χ0n) is 11.3. The Hall–Kier alpha value is -1.58. The van der Waals surface area contributed by atoms with E-state index in [-0.39, 0.29) is 5.91 Å². The van der Waals surface area contributed by atoms with Gasteiger partial charge in [0, 0.05) is 32.8 Å². The van der Waals surface area contributed by atoms with Crippen LogP contribution in [0.5, 0.6) is 0 Å². The second-order valence-corrected chi connectivity index (χ2v) is 5.28. The fourth-order valence-electron chi connectivity index (χ4n) is 2.29. The summed E-state index contributed by atoms with van der Waals surface area (Å²) in [7, 11) is 1.85. The van der Waals surface area contributed by atoms with Crippen molar-refractivity contribution in [2.45, 2.75) is 26.8 Å². The van der Waals surface area contributed by atoms with E-state index in [0.29, 0.717) is 24.8 Å². The number of hydrogen-bond acceptors (Lipinski definition) is 3. The zero-order valence-corrected chi connectivity index (χ0v) is 11.3. The number of carbonyl (C=O) groups excluding carboxylic acids is 1. The van der Waals surface area contributed by atoms with E-state index < -0.39 is 0 Å². The lowest BCUT2D eigenvalue weighted by Gasteiger charge is -2.18. The van der Waals surface area contributed by atoms with Crippen molar-refractivity contribution in [2.24, 2.45) is 11.8 Å². The number of nitrogens with zero attached hydrogens (tertiary/aromatic N) is 2. The molecule has 2 rings (SSSR count). The summed E-state index contributed by atoms with van der Waals surface area (Å²) >= 11 is 0. The summed E-state index contributed by atoms with van der Waals surface area (Å²) in [6, 6.07) is 3.96. The van der Waals surface area contributed by atoms with Gasteiger partial charge in [-0.1, -0.05) is 19.9 Å². The van der Waals surface area contributed by atoms with Crippen molar-refractivity contribution in [3.05, 3.63) is 23.9 Å². The minimum Gasteiger partial charge on any atom is -0.373 e. The van der Waals surface area contributed by atoms with E-state index in [2.05, 4.69) is 24.1 Å². The van der Waals surface area contributed by atoms with Crippen LogP contribution in [0.15, 0.2) is 18.3 Å². The quantitative estimate of drug-likeness (QED) is 0.886. The summed E-state index contributed by atoms with van der Waals surface area (Å²) in [5.74, 6) is 2.20. The second kappa shape index (κ2) is 5.38. The first-order chi connectivity index (χ1) is 8.60. The third-order valence-corrected chi connectivity index (χ3v) is 3.64. The third-order valence-electron chi connectivity index (χ3n) is 3.64. The maximum absolute atomic E-state index is 11.9. The van der Waals surface area contributed by atoms with Gasteiger partial charge in [0.15, 0.2) is 0 Å². The molecule has 2 heterocycles. The smallest absolute Gasteiger partial charge is 0.223 e. The van der Waals surface area contributed by atoms with E-state index in [1.165, 1.54) is 0 Å². The number of anilines is 1. The highest BCUT2D eigenvalue weighted by Gasteiger charge is 2.31. The summed E-state index contributed by atoms with van der Waals surface area (Å²) in [5, 5.41) is 2.99. The Kier molecular flexibility index (Phi) is 3.84. The van der Waals surface area contributed by atoms with Crippen molar-refractivity contribution in [3.8, 4) is 0 Å². The Morgan fingerprint density at radius 1 is 1.50 bits per heavy atom. The van der Waals surface area contributed by atoms with Gasteiger partial charge in [-0.2, -0.15) is 0 Å². The van der Waals surface area contributed by atoms with Crippen LogP contribution in [0.25, 0.3) is 0 Å². The number of hydrogen-bond donors (Lipinski definition) is 1. The molecule has 1 N–H and O–H groups in total. The molecule has 1 unspecified atom stereocenters. The first-order valence-electron chi connectivity index (χ1n) is 6.50. The lowest BCUT2D eigenvalue weighted by Crippen LogP contribution is -2.25. The number of amides is 1. The van der Waals surface area contributed by atoms with Crippen molar-refractivity contribution < 1.29 is 4.79 Å². The molecule has 18 heavy (non-hydrogen) atoms. The highest BCUT2D eigenvalue weighted by molar-refractivity contribution is 5.78. The molecule has 0 saturated carbocycles. The van der Waals surface area contributed by atoms with E-state index in [9.17, 15) is 4.79 Å². The monoisotopic (exact) mass is 247 g/mol. The van der Waals surface area contributed by atoms with Gasteiger partial charge in [0.2, 0.25) is 5.91 Å². The van der Waals surface area contributed by atoms with Crippen molar-refractivity contribution in [2.75, 3.05) is 18.9 Å². The zero-order chi connectivity index (χ0) is 13.1. The number of nitrogens with one attached hydrogen (secondary N) is 1. The van der Waals surface area contributed by atoms with Gasteiger partial charge in [0.25, 0.3) is 0 Å². The molecule has 1 aromatic heterocycles. The predicted molar refractivity (Wildman–Crippen MR) is 72.1 cm³/mol. The number of carbonyl (C=O) groups is 1. The van der Waals surface area contributed by atoms with Gasteiger partial charge in [0.1, 0.15) is 5.82 Å². The van der Waals surface area contributed by atoms with E-state index in [1.807, 2.05) is 30.3 Å². The Balaban J connectivity index is 1.98. The Labute approximate surface area is 108 Å². The fraction of sp³-hybridized carbons (Fsp3) is 0.571. The predicted octanol–water partition coefficient (Wildman–Crippen LogP) is 2.13. The Morgan fingerprint density at radius 3 is 2.78 bits per heavy atom. The number of aromatic nitrogens is 1. The number of likely N-dealkylation sites (tertiary alicyclic amines) is 1. The van der Waals surface area contributed by atoms with Gasteiger partial charge in [-0.15, -0.1) is 0 Å². The molecule has 0 radical (unpaired) electrons. The standard InChI is InChI=1S/C14H21N3O/c1-10(2)12-6-14(18)17(9-12)8-11-4-5-13(15-3)16-7-11/h4-5,7,10,12H,6,8-9H2,1-3H3,(H,15,16). The van der Waals surface area contributed by atoms with Crippen molar-refractivity contribution in [1.29, 1.82) is 0 Å². The first kappa shape index (κ1) is 12.9. The molecule has 1 aromatic rings. The van der Waals surface area contributed by atoms with Gasteiger partial charge in [0.05, 0.1) is 0 Å². The maximum atomic E-state index is 11.9. The molecule has 0 aromatic carbocycles. The molecule has 1 atom stereocenters. The fourth-order valence-corrected chi connectivity index (χ4v) is 2.29. The van der Waals surface area contributed by atoms with Crippen molar-refractivity contribution in [1.82, 2.24) is 9.88 Å². The third kappa shape index (κ3) is 2.81. The lowest BCUT2D eigenvalue weighted by molar-refractivity contribution is -0.128. The molecule has 4 nitrogen and oxygen atoms in total. The van der Waals surface area contributed by atoms with Crippen LogP contribution in [0.2, 0.25) is 0 Å². The normalized spacial score (nSPS) is 19.7. The van der Waals surface area contributed by atoms with Crippen LogP contribution in [0.1, 0.15) is 25.8 Å². The van der Waals surface area contributed by atoms with Crippen LogP contribution < -0.4 is 5.32 Å². The van der Waals surface area contributed by atoms with Gasteiger partial charge in [-0.3, -0.25) is 4.79 Å². The molecule has 1 amide bonds. The Bertz CT molecular complexity index is 414. The average molecular weight is 247 g/mol. The topological polar surface area (TPSA) is 45.2 Å². The summed E-state index contributed by atoms with van der Waals surface area (Å²) < 4.78 is 0. The summed E-state index contributed by atoms with van der Waals surface area (Å²) in [6.07, 6.45) is 2.53. The molecule has 98 valence electrons. The highest BCUT2D eigenvalue weighted by atomic mass is 16.2. The van der Waals surface area contributed by atoms with Crippen LogP contribution in [-0.2, 0) is 11.3 Å². The minimum atomic E-state index is 0.270. The molecule has 0 aliphatic carbocycles. The van der Waals surface area contributed by atoms with Crippen LogP contribution >= 0.6 is 0 Å². The first-order valence-corrected chi connectivity index (χ1v) is 6.50. The number of rotatable bonds is 4. The summed E-state index contributed by atoms with van der Waals surface area (Å²) in [5.41, 5.74) is 1.09. The van der Waals surface area contributed by atoms with Crippen LogP contribution in [-0.4, -0.2) is 29.4 Å². The van der Waals surface area contributed by atoms with E-state index in [0.717, 1.165) is 17.9 Å². The van der Waals surface area contributed by atoms with E-state index in [4.69, 9.17) is 0 Å². The molecular weight excluding hydrogens is 226 g/mol. The number of pyridine rings is 1. The lowest BCUT2D eigenvalue weighted by atomic mass is 9.95. The summed E-state index contributed by atoms with van der Waals surface area (Å²) in [6.45, 7) is 5.93. The van der Waals surface area contributed by atoms with Gasteiger partial charge >= 0.3 is 0 Å². The summed E-state index contributed by atoms with van der Waals surface area (Å²) in [4.78, 5) is 18.1. The molecule has 0 bridgehead atoms. The van der Waals surface area contributed by atoms with Crippen LogP contribution in [0.4, 0.5) is 5.82 Å². The van der Waals surface area contributed by atoms with Gasteiger partial charge in [-0.25, -0.2) is 4.98 Å². The van der Waals surface area contributed by atoms with Crippen molar-refractivity contribution in [3.63, 3.8) is 0 Å². The molecule has 4 heteroatoms. The molecule has 1 aliphatic rings. The molecule has 1 saturated heterocycles. The SMILES string of the molecule is CNc1ccc(CN2CC(C(C)C)CC2=O)cn1. The van der Waals surface area contributed by atoms with Crippen molar-refractivity contribution >= 4 is 11.7 Å². The van der Waals surface area contributed by atoms with Crippen LogP contribution in [0.3, 0.4) is 0 Å². The molecular formula is C14H21N3O. The van der Waals surface area contributed by atoms with Gasteiger partial charge < -0.3 is 10.2 Å².